The van der Waals surface area contributed by atoms with E-state index in [1.54, 1.807) is 13.0 Å². The monoisotopic (exact) mass is 407 g/mol. The van der Waals surface area contributed by atoms with Crippen molar-refractivity contribution in [1.29, 1.82) is 5.26 Å². The first kappa shape index (κ1) is 18.7. The first-order chi connectivity index (χ1) is 13.9. The molecule has 0 amide bonds. The second kappa shape index (κ2) is 7.08. The van der Waals surface area contributed by atoms with E-state index in [-0.39, 0.29) is 22.0 Å². The molecule has 3 heterocycles. The molecular weight excluding hydrogens is 394 g/mol. The number of aryl methyl sites for hydroxylation is 3. The van der Waals surface area contributed by atoms with Gasteiger partial charge >= 0.3 is 5.97 Å². The SMILES string of the molecule is Cc1cc(-c2cc(C(=O)Oc3ccc(C#N)cc3Cl)c3c(C)noc3n2)c(C)o1. The molecule has 0 atom stereocenters. The summed E-state index contributed by atoms with van der Waals surface area (Å²) in [5.74, 6) is 0.891. The molecule has 144 valence electrons. The molecule has 4 rings (SSSR count). The molecule has 0 unspecified atom stereocenters. The van der Waals surface area contributed by atoms with Crippen molar-refractivity contribution in [2.45, 2.75) is 20.8 Å². The number of pyridine rings is 1. The molecule has 0 saturated heterocycles. The van der Waals surface area contributed by atoms with Crippen LogP contribution in [0.4, 0.5) is 0 Å². The van der Waals surface area contributed by atoms with Crippen molar-refractivity contribution < 1.29 is 18.5 Å². The molecule has 7 nitrogen and oxygen atoms in total. The largest absolute Gasteiger partial charge is 0.466 e. The summed E-state index contributed by atoms with van der Waals surface area (Å²) in [6.45, 7) is 5.36. The third-order valence-electron chi connectivity index (χ3n) is 4.42. The third kappa shape index (κ3) is 3.35. The minimum atomic E-state index is -0.644. The fourth-order valence-corrected chi connectivity index (χ4v) is 3.31. The van der Waals surface area contributed by atoms with Crippen LogP contribution in [0.15, 0.2) is 39.3 Å². The van der Waals surface area contributed by atoms with Gasteiger partial charge in [0.2, 0.25) is 0 Å². The average molecular weight is 408 g/mol. The van der Waals surface area contributed by atoms with Crippen LogP contribution in [0, 0.1) is 32.1 Å². The van der Waals surface area contributed by atoms with Gasteiger partial charge in [-0.2, -0.15) is 5.26 Å². The Morgan fingerprint density at radius 2 is 2.00 bits per heavy atom. The van der Waals surface area contributed by atoms with Crippen molar-refractivity contribution in [3.8, 4) is 23.1 Å². The van der Waals surface area contributed by atoms with Crippen LogP contribution in [0.1, 0.15) is 33.1 Å². The second-order valence-electron chi connectivity index (χ2n) is 6.48. The normalized spacial score (nSPS) is 10.9. The van der Waals surface area contributed by atoms with Crippen molar-refractivity contribution in [2.75, 3.05) is 0 Å². The second-order valence-corrected chi connectivity index (χ2v) is 6.88. The van der Waals surface area contributed by atoms with Crippen molar-refractivity contribution in [3.63, 3.8) is 0 Å². The summed E-state index contributed by atoms with van der Waals surface area (Å²) >= 11 is 6.13. The van der Waals surface area contributed by atoms with E-state index in [2.05, 4.69) is 10.1 Å². The molecule has 0 radical (unpaired) electrons. The minimum Gasteiger partial charge on any atom is -0.466 e. The molecule has 0 aliphatic carbocycles. The van der Waals surface area contributed by atoms with Crippen LogP contribution in [0.25, 0.3) is 22.4 Å². The number of benzene rings is 1. The number of nitriles is 1. The molecule has 0 spiro atoms. The molecular formula is C21H14ClN3O4. The first-order valence-corrected chi connectivity index (χ1v) is 9.01. The Balaban J connectivity index is 1.82. The van der Waals surface area contributed by atoms with Gasteiger partial charge in [-0.1, -0.05) is 16.8 Å². The van der Waals surface area contributed by atoms with Gasteiger partial charge in [-0.3, -0.25) is 0 Å². The Hall–Kier alpha value is -3.63. The van der Waals surface area contributed by atoms with Crippen molar-refractivity contribution in [2.24, 2.45) is 0 Å². The van der Waals surface area contributed by atoms with Gasteiger partial charge in [0.1, 0.15) is 17.3 Å². The van der Waals surface area contributed by atoms with E-state index in [9.17, 15) is 4.79 Å². The highest BCUT2D eigenvalue weighted by Gasteiger charge is 2.23. The number of carbonyl (C=O) groups is 1. The van der Waals surface area contributed by atoms with E-state index < -0.39 is 5.97 Å². The van der Waals surface area contributed by atoms with Gasteiger partial charge in [0, 0.05) is 5.56 Å². The number of hydrogen-bond acceptors (Lipinski definition) is 7. The van der Waals surface area contributed by atoms with Crippen LogP contribution in [0.3, 0.4) is 0 Å². The summed E-state index contributed by atoms with van der Waals surface area (Å²) in [5.41, 5.74) is 2.57. The summed E-state index contributed by atoms with van der Waals surface area (Å²) in [6.07, 6.45) is 0. The van der Waals surface area contributed by atoms with Crippen LogP contribution in [-0.2, 0) is 0 Å². The summed E-state index contributed by atoms with van der Waals surface area (Å²) in [6, 6.07) is 9.85. The number of furan rings is 1. The highest BCUT2D eigenvalue weighted by molar-refractivity contribution is 6.32. The zero-order valence-electron chi connectivity index (χ0n) is 15.7. The molecule has 0 bridgehead atoms. The van der Waals surface area contributed by atoms with E-state index in [1.165, 1.54) is 18.2 Å². The zero-order valence-corrected chi connectivity index (χ0v) is 16.5. The van der Waals surface area contributed by atoms with Gasteiger partial charge in [0.15, 0.2) is 0 Å². The van der Waals surface area contributed by atoms with Gasteiger partial charge in [-0.25, -0.2) is 9.78 Å². The maximum atomic E-state index is 13.0. The Kier molecular flexibility index (Phi) is 4.57. The molecule has 0 saturated carbocycles. The molecule has 0 aliphatic rings. The Labute approximate surface area is 170 Å². The van der Waals surface area contributed by atoms with Crippen molar-refractivity contribution in [1.82, 2.24) is 10.1 Å². The van der Waals surface area contributed by atoms with Crippen LogP contribution in [0.2, 0.25) is 5.02 Å². The minimum absolute atomic E-state index is 0.145. The average Bonchev–Trinajstić information content (AvgIpc) is 3.24. The summed E-state index contributed by atoms with van der Waals surface area (Å²) < 4.78 is 16.4. The fourth-order valence-electron chi connectivity index (χ4n) is 3.09. The predicted molar refractivity (Wildman–Crippen MR) is 105 cm³/mol. The lowest BCUT2D eigenvalue weighted by molar-refractivity contribution is 0.0736. The molecule has 3 aromatic heterocycles. The van der Waals surface area contributed by atoms with Crippen LogP contribution >= 0.6 is 11.6 Å². The molecule has 4 aromatic rings. The van der Waals surface area contributed by atoms with Gasteiger partial charge in [-0.15, -0.1) is 0 Å². The predicted octanol–water partition coefficient (Wildman–Crippen LogP) is 5.15. The molecule has 8 heteroatoms. The first-order valence-electron chi connectivity index (χ1n) is 8.63. The molecule has 0 fully saturated rings. The number of aromatic nitrogens is 2. The smallest absolute Gasteiger partial charge is 0.344 e. The number of carbonyl (C=O) groups excluding carboxylic acids is 1. The molecule has 0 N–H and O–H groups in total. The number of rotatable bonds is 3. The molecule has 1 aromatic carbocycles. The van der Waals surface area contributed by atoms with Crippen molar-refractivity contribution in [3.05, 3.63) is 63.7 Å². The number of hydrogen-bond donors (Lipinski definition) is 0. The summed E-state index contributed by atoms with van der Waals surface area (Å²) in [5, 5.41) is 13.5. The molecule has 0 aliphatic heterocycles. The number of esters is 1. The number of nitrogens with zero attached hydrogens (tertiary/aromatic N) is 3. The Morgan fingerprint density at radius 1 is 1.21 bits per heavy atom. The lowest BCUT2D eigenvalue weighted by Gasteiger charge is -2.08. The number of halogens is 1. The fraction of sp³-hybridized carbons (Fsp3) is 0.143. The standard InChI is InChI=1S/C21H14ClN3O4/c1-10-6-14(12(3)27-10)17-8-15(19-11(2)25-29-20(19)24-17)21(26)28-18-5-4-13(9-23)7-16(18)22/h4-8H,1-3H3. The van der Waals surface area contributed by atoms with Gasteiger partial charge in [0.05, 0.1) is 39.0 Å². The topological polar surface area (TPSA) is 102 Å². The summed E-state index contributed by atoms with van der Waals surface area (Å²) in [4.78, 5) is 17.5. The van der Waals surface area contributed by atoms with E-state index >= 15 is 0 Å². The number of ether oxygens (including phenoxy) is 1. The van der Waals surface area contributed by atoms with E-state index in [0.29, 0.717) is 28.1 Å². The Morgan fingerprint density at radius 3 is 2.66 bits per heavy atom. The Bertz CT molecular complexity index is 1310. The van der Waals surface area contributed by atoms with Gasteiger partial charge in [0.25, 0.3) is 5.71 Å². The van der Waals surface area contributed by atoms with E-state index in [1.807, 2.05) is 26.0 Å². The lowest BCUT2D eigenvalue weighted by Crippen LogP contribution is -2.10. The van der Waals surface area contributed by atoms with Crippen molar-refractivity contribution >= 4 is 28.7 Å². The summed E-state index contributed by atoms with van der Waals surface area (Å²) in [7, 11) is 0. The highest BCUT2D eigenvalue weighted by Crippen LogP contribution is 2.32. The maximum Gasteiger partial charge on any atom is 0.344 e. The highest BCUT2D eigenvalue weighted by atomic mass is 35.5. The number of fused-ring (bicyclic) bond motifs is 1. The zero-order chi connectivity index (χ0) is 20.7. The van der Waals surface area contributed by atoms with Crippen LogP contribution < -0.4 is 4.74 Å². The molecule has 29 heavy (non-hydrogen) atoms. The van der Waals surface area contributed by atoms with Crippen LogP contribution in [-0.4, -0.2) is 16.1 Å². The van der Waals surface area contributed by atoms with E-state index in [0.717, 1.165) is 11.3 Å². The maximum absolute atomic E-state index is 13.0. The lowest BCUT2D eigenvalue weighted by atomic mass is 10.1. The quantitative estimate of drug-likeness (QED) is 0.341. The van der Waals surface area contributed by atoms with Gasteiger partial charge in [-0.05, 0) is 51.1 Å². The third-order valence-corrected chi connectivity index (χ3v) is 4.71. The van der Waals surface area contributed by atoms with Gasteiger partial charge < -0.3 is 13.7 Å². The van der Waals surface area contributed by atoms with E-state index in [4.69, 9.17) is 30.5 Å². The van der Waals surface area contributed by atoms with Crippen LogP contribution in [0.5, 0.6) is 5.75 Å².